The summed E-state index contributed by atoms with van der Waals surface area (Å²) in [5, 5.41) is 13.4. The van der Waals surface area contributed by atoms with Crippen molar-refractivity contribution < 1.29 is 9.18 Å². The fourth-order valence-corrected chi connectivity index (χ4v) is 3.75. The predicted molar refractivity (Wildman–Crippen MR) is 103 cm³/mol. The topological polar surface area (TPSA) is 81.2 Å². The third kappa shape index (κ3) is 2.94. The molecule has 0 saturated carbocycles. The predicted octanol–water partition coefficient (Wildman–Crippen LogP) is 3.00. The van der Waals surface area contributed by atoms with Gasteiger partial charge in [-0.2, -0.15) is 9.49 Å². The van der Waals surface area contributed by atoms with Gasteiger partial charge < -0.3 is 9.47 Å². The Morgan fingerprint density at radius 1 is 1.21 bits per heavy atom. The highest BCUT2D eigenvalue weighted by Crippen LogP contribution is 2.29. The maximum Gasteiger partial charge on any atom is 0.275 e. The van der Waals surface area contributed by atoms with Crippen molar-refractivity contribution in [3.8, 4) is 11.4 Å². The van der Waals surface area contributed by atoms with E-state index in [1.807, 2.05) is 17.6 Å². The van der Waals surface area contributed by atoms with E-state index in [-0.39, 0.29) is 11.9 Å². The standard InChI is InChI=1S/C19H15ClFN7O/c1-11-17-23-24-18(12-2-5-16(21)22-9-12)27(17)7-6-26(11)19(29)15-8-14-4-3-13(20)10-28(14)25-15/h2-5,8-11H,6-7H2,1H3. The molecule has 8 nitrogen and oxygen atoms in total. The fourth-order valence-electron chi connectivity index (χ4n) is 3.60. The number of carbonyl (C=O) groups excluding carboxylic acids is 1. The van der Waals surface area contributed by atoms with E-state index in [4.69, 9.17) is 11.6 Å². The number of halogens is 2. The van der Waals surface area contributed by atoms with E-state index < -0.39 is 5.95 Å². The zero-order chi connectivity index (χ0) is 20.1. The largest absolute Gasteiger partial charge is 0.325 e. The average Bonchev–Trinajstić information content (AvgIpc) is 3.33. The molecule has 0 aliphatic carbocycles. The Hall–Kier alpha value is -3.33. The minimum atomic E-state index is -0.550. The first-order valence-corrected chi connectivity index (χ1v) is 9.40. The summed E-state index contributed by atoms with van der Waals surface area (Å²) in [7, 11) is 0. The van der Waals surface area contributed by atoms with Gasteiger partial charge in [-0.15, -0.1) is 10.2 Å². The molecule has 10 heteroatoms. The van der Waals surface area contributed by atoms with E-state index in [0.717, 1.165) is 5.52 Å². The quantitative estimate of drug-likeness (QED) is 0.474. The Labute approximate surface area is 169 Å². The molecule has 0 radical (unpaired) electrons. The summed E-state index contributed by atoms with van der Waals surface area (Å²) in [4.78, 5) is 18.5. The van der Waals surface area contributed by atoms with Gasteiger partial charge in [-0.25, -0.2) is 9.50 Å². The lowest BCUT2D eigenvalue weighted by Crippen LogP contribution is -2.41. The second-order valence-corrected chi connectivity index (χ2v) is 7.26. The number of fused-ring (bicyclic) bond motifs is 2. The van der Waals surface area contributed by atoms with Gasteiger partial charge in [0.05, 0.1) is 16.6 Å². The van der Waals surface area contributed by atoms with E-state index in [1.165, 1.54) is 12.3 Å². The van der Waals surface area contributed by atoms with E-state index in [0.29, 0.717) is 41.0 Å². The first-order chi connectivity index (χ1) is 14.0. The van der Waals surface area contributed by atoms with Gasteiger partial charge in [0, 0.05) is 31.0 Å². The molecule has 4 aromatic heterocycles. The van der Waals surface area contributed by atoms with E-state index >= 15 is 0 Å². The number of rotatable bonds is 2. The molecule has 146 valence electrons. The second kappa shape index (κ2) is 6.63. The summed E-state index contributed by atoms with van der Waals surface area (Å²) in [6.45, 7) is 2.89. The van der Waals surface area contributed by atoms with Gasteiger partial charge in [-0.3, -0.25) is 4.79 Å². The molecule has 0 fully saturated rings. The van der Waals surface area contributed by atoms with Crippen molar-refractivity contribution in [3.05, 3.63) is 65.2 Å². The molecule has 0 bridgehead atoms. The van der Waals surface area contributed by atoms with Crippen molar-refractivity contribution >= 4 is 23.0 Å². The van der Waals surface area contributed by atoms with Gasteiger partial charge in [0.25, 0.3) is 5.91 Å². The Morgan fingerprint density at radius 3 is 2.86 bits per heavy atom. The molecule has 0 N–H and O–H groups in total. The van der Waals surface area contributed by atoms with Gasteiger partial charge in [0.1, 0.15) is 0 Å². The van der Waals surface area contributed by atoms with Crippen molar-refractivity contribution in [2.24, 2.45) is 0 Å². The number of hydrogen-bond acceptors (Lipinski definition) is 5. The van der Waals surface area contributed by atoms with Crippen LogP contribution in [0.3, 0.4) is 0 Å². The first-order valence-electron chi connectivity index (χ1n) is 9.02. The normalized spacial score (nSPS) is 16.2. The summed E-state index contributed by atoms with van der Waals surface area (Å²) < 4.78 is 16.6. The van der Waals surface area contributed by atoms with Crippen LogP contribution in [-0.2, 0) is 6.54 Å². The lowest BCUT2D eigenvalue weighted by molar-refractivity contribution is 0.0632. The van der Waals surface area contributed by atoms with Crippen LogP contribution < -0.4 is 0 Å². The van der Waals surface area contributed by atoms with Crippen molar-refractivity contribution in [1.29, 1.82) is 0 Å². The Balaban J connectivity index is 1.45. The van der Waals surface area contributed by atoms with Crippen molar-refractivity contribution in [2.45, 2.75) is 19.5 Å². The molecule has 0 saturated heterocycles. The van der Waals surface area contributed by atoms with Gasteiger partial charge in [0.2, 0.25) is 5.95 Å². The Kier molecular flexibility index (Phi) is 4.06. The molecule has 29 heavy (non-hydrogen) atoms. The lowest BCUT2D eigenvalue weighted by Gasteiger charge is -2.33. The number of aromatic nitrogens is 6. The van der Waals surface area contributed by atoms with Crippen LogP contribution in [0.1, 0.15) is 29.3 Å². The molecule has 1 unspecified atom stereocenters. The van der Waals surface area contributed by atoms with Crippen LogP contribution in [0.15, 0.2) is 42.7 Å². The molecule has 1 aliphatic rings. The van der Waals surface area contributed by atoms with Crippen LogP contribution >= 0.6 is 11.6 Å². The number of nitrogens with zero attached hydrogens (tertiary/aromatic N) is 7. The van der Waals surface area contributed by atoms with E-state index in [2.05, 4.69) is 20.3 Å². The minimum Gasteiger partial charge on any atom is -0.325 e. The highest BCUT2D eigenvalue weighted by Gasteiger charge is 2.33. The maximum absolute atomic E-state index is 13.1. The van der Waals surface area contributed by atoms with Gasteiger partial charge in [-0.05, 0) is 37.3 Å². The smallest absolute Gasteiger partial charge is 0.275 e. The number of amides is 1. The van der Waals surface area contributed by atoms with Crippen LogP contribution in [0, 0.1) is 5.95 Å². The zero-order valence-corrected chi connectivity index (χ0v) is 16.1. The highest BCUT2D eigenvalue weighted by molar-refractivity contribution is 6.30. The summed E-state index contributed by atoms with van der Waals surface area (Å²) in [5.41, 5.74) is 1.81. The highest BCUT2D eigenvalue weighted by atomic mass is 35.5. The summed E-state index contributed by atoms with van der Waals surface area (Å²) in [6.07, 6.45) is 3.09. The van der Waals surface area contributed by atoms with Crippen LogP contribution in [0.25, 0.3) is 16.9 Å². The summed E-state index contributed by atoms with van der Waals surface area (Å²) in [5.74, 6) is 0.534. The molecule has 4 aromatic rings. The SMILES string of the molecule is CC1c2nnc(-c3ccc(F)nc3)n2CCN1C(=O)c1cc2ccc(Cl)cn2n1. The zero-order valence-electron chi connectivity index (χ0n) is 15.3. The van der Waals surface area contributed by atoms with E-state index in [9.17, 15) is 9.18 Å². The molecule has 1 atom stereocenters. The third-order valence-corrected chi connectivity index (χ3v) is 5.30. The number of carbonyl (C=O) groups is 1. The van der Waals surface area contributed by atoms with E-state index in [1.54, 1.807) is 33.8 Å². The molecule has 0 spiro atoms. The van der Waals surface area contributed by atoms with Gasteiger partial charge in [0.15, 0.2) is 17.3 Å². The number of pyridine rings is 2. The molecule has 1 aliphatic heterocycles. The second-order valence-electron chi connectivity index (χ2n) is 6.82. The number of hydrogen-bond donors (Lipinski definition) is 0. The maximum atomic E-state index is 13.1. The molecule has 1 amide bonds. The molecular weight excluding hydrogens is 397 g/mol. The van der Waals surface area contributed by atoms with Crippen molar-refractivity contribution in [3.63, 3.8) is 0 Å². The van der Waals surface area contributed by atoms with Crippen LogP contribution in [0.5, 0.6) is 0 Å². The molecular formula is C19H15ClFN7O. The minimum absolute atomic E-state index is 0.184. The average molecular weight is 412 g/mol. The van der Waals surface area contributed by atoms with Crippen molar-refractivity contribution in [2.75, 3.05) is 6.54 Å². The third-order valence-electron chi connectivity index (χ3n) is 5.07. The summed E-state index contributed by atoms with van der Waals surface area (Å²) >= 11 is 6.00. The fraction of sp³-hybridized carbons (Fsp3) is 0.211. The molecule has 0 aromatic carbocycles. The van der Waals surface area contributed by atoms with Crippen molar-refractivity contribution in [1.82, 2.24) is 34.3 Å². The monoisotopic (exact) mass is 411 g/mol. The van der Waals surface area contributed by atoms with Gasteiger partial charge >= 0.3 is 0 Å². The summed E-state index contributed by atoms with van der Waals surface area (Å²) in [6, 6.07) is 7.91. The first kappa shape index (κ1) is 17.7. The van der Waals surface area contributed by atoms with Gasteiger partial charge in [-0.1, -0.05) is 11.6 Å². The molecule has 5 rings (SSSR count). The molecule has 5 heterocycles. The van der Waals surface area contributed by atoms with Crippen LogP contribution in [0.2, 0.25) is 5.02 Å². The van der Waals surface area contributed by atoms with Crippen LogP contribution in [0.4, 0.5) is 4.39 Å². The lowest BCUT2D eigenvalue weighted by atomic mass is 10.1. The van der Waals surface area contributed by atoms with Crippen LogP contribution in [-0.4, -0.2) is 46.7 Å². The Bertz CT molecular complexity index is 1230. The Morgan fingerprint density at radius 2 is 2.07 bits per heavy atom.